The fourth-order valence-electron chi connectivity index (χ4n) is 1.89. The molecule has 2 aromatic heterocycles. The van der Waals surface area contributed by atoms with Crippen LogP contribution < -0.4 is 5.32 Å². The monoisotopic (exact) mass is 242 g/mol. The van der Waals surface area contributed by atoms with Crippen LogP contribution in [0.2, 0.25) is 0 Å². The molecule has 0 unspecified atom stereocenters. The van der Waals surface area contributed by atoms with E-state index in [9.17, 15) is 0 Å². The van der Waals surface area contributed by atoms with Crippen molar-refractivity contribution in [2.75, 3.05) is 11.9 Å². The van der Waals surface area contributed by atoms with Crippen molar-refractivity contribution >= 4 is 5.82 Å². The van der Waals surface area contributed by atoms with Crippen molar-refractivity contribution in [3.05, 3.63) is 35.8 Å². The van der Waals surface area contributed by atoms with Crippen LogP contribution in [0.4, 0.5) is 5.82 Å². The molecule has 0 aliphatic carbocycles. The highest BCUT2D eigenvalue weighted by molar-refractivity contribution is 5.61. The molecule has 0 atom stereocenters. The molecule has 0 fully saturated rings. The van der Waals surface area contributed by atoms with Crippen molar-refractivity contribution in [2.24, 2.45) is 0 Å². The molecule has 0 saturated heterocycles. The van der Waals surface area contributed by atoms with E-state index in [-0.39, 0.29) is 0 Å². The number of nitrogens with one attached hydrogen (secondary N) is 1. The minimum Gasteiger partial charge on any atom is -0.370 e. The van der Waals surface area contributed by atoms with Crippen molar-refractivity contribution in [3.8, 4) is 11.4 Å². The molecule has 1 N–H and O–H groups in total. The summed E-state index contributed by atoms with van der Waals surface area (Å²) in [6.45, 7) is 7.01. The van der Waals surface area contributed by atoms with Crippen LogP contribution in [0.25, 0.3) is 11.4 Å². The van der Waals surface area contributed by atoms with Crippen LogP contribution in [0.1, 0.15) is 25.1 Å². The Morgan fingerprint density at radius 2 is 2.06 bits per heavy atom. The fourth-order valence-corrected chi connectivity index (χ4v) is 1.89. The van der Waals surface area contributed by atoms with E-state index in [0.717, 1.165) is 35.9 Å². The normalized spacial score (nSPS) is 10.4. The molecular weight excluding hydrogens is 224 g/mol. The fraction of sp³-hybridized carbons (Fsp3) is 0.357. The molecule has 0 aliphatic heterocycles. The largest absolute Gasteiger partial charge is 0.370 e. The third kappa shape index (κ3) is 2.64. The van der Waals surface area contributed by atoms with Crippen molar-refractivity contribution in [1.82, 2.24) is 15.0 Å². The van der Waals surface area contributed by atoms with Gasteiger partial charge in [-0.25, -0.2) is 9.97 Å². The second kappa shape index (κ2) is 5.58. The van der Waals surface area contributed by atoms with Gasteiger partial charge in [0.15, 0.2) is 5.82 Å². The van der Waals surface area contributed by atoms with Gasteiger partial charge in [-0.3, -0.25) is 4.98 Å². The van der Waals surface area contributed by atoms with E-state index >= 15 is 0 Å². The number of nitrogens with zero attached hydrogens (tertiary/aromatic N) is 3. The summed E-state index contributed by atoms with van der Waals surface area (Å²) in [4.78, 5) is 13.2. The number of anilines is 1. The van der Waals surface area contributed by atoms with Gasteiger partial charge in [-0.05, 0) is 31.9 Å². The van der Waals surface area contributed by atoms with Crippen LogP contribution in [0.5, 0.6) is 0 Å². The van der Waals surface area contributed by atoms with Crippen molar-refractivity contribution in [2.45, 2.75) is 27.2 Å². The smallest absolute Gasteiger partial charge is 0.162 e. The molecule has 94 valence electrons. The van der Waals surface area contributed by atoms with Gasteiger partial charge in [0.2, 0.25) is 0 Å². The molecule has 0 spiro atoms. The molecule has 18 heavy (non-hydrogen) atoms. The Morgan fingerprint density at radius 1 is 1.22 bits per heavy atom. The Hall–Kier alpha value is -1.97. The number of hydrogen-bond acceptors (Lipinski definition) is 4. The summed E-state index contributed by atoms with van der Waals surface area (Å²) < 4.78 is 0. The summed E-state index contributed by atoms with van der Waals surface area (Å²) in [5.41, 5.74) is 3.20. The molecule has 2 rings (SSSR count). The SMILES string of the molecule is CCNc1cc(C)nc(-c2ccncc2CC)n1. The lowest BCUT2D eigenvalue weighted by Gasteiger charge is -2.09. The van der Waals surface area contributed by atoms with E-state index in [2.05, 4.69) is 34.1 Å². The molecule has 0 bridgehead atoms. The van der Waals surface area contributed by atoms with E-state index in [0.29, 0.717) is 0 Å². The lowest BCUT2D eigenvalue weighted by atomic mass is 10.1. The van der Waals surface area contributed by atoms with Crippen LogP contribution in [-0.2, 0) is 6.42 Å². The Bertz CT molecular complexity index is 537. The third-order valence-electron chi connectivity index (χ3n) is 2.74. The van der Waals surface area contributed by atoms with Gasteiger partial charge in [0.05, 0.1) is 0 Å². The third-order valence-corrected chi connectivity index (χ3v) is 2.74. The maximum absolute atomic E-state index is 4.55. The van der Waals surface area contributed by atoms with E-state index < -0.39 is 0 Å². The molecule has 0 radical (unpaired) electrons. The van der Waals surface area contributed by atoms with E-state index in [4.69, 9.17) is 0 Å². The first-order valence-electron chi connectivity index (χ1n) is 6.27. The predicted molar refractivity (Wildman–Crippen MR) is 73.5 cm³/mol. The Labute approximate surface area is 108 Å². The molecular formula is C14H18N4. The zero-order chi connectivity index (χ0) is 13.0. The number of aryl methyl sites for hydroxylation is 2. The van der Waals surface area contributed by atoms with Gasteiger partial charge >= 0.3 is 0 Å². The second-order valence-electron chi connectivity index (χ2n) is 4.13. The van der Waals surface area contributed by atoms with Crippen LogP contribution in [0.3, 0.4) is 0 Å². The van der Waals surface area contributed by atoms with E-state index in [1.807, 2.05) is 25.3 Å². The number of aromatic nitrogens is 3. The number of hydrogen-bond donors (Lipinski definition) is 1. The zero-order valence-corrected chi connectivity index (χ0v) is 11.1. The average Bonchev–Trinajstić information content (AvgIpc) is 2.38. The molecule has 0 aromatic carbocycles. The summed E-state index contributed by atoms with van der Waals surface area (Å²) in [6, 6.07) is 3.93. The highest BCUT2D eigenvalue weighted by atomic mass is 15.0. The lowest BCUT2D eigenvalue weighted by Crippen LogP contribution is -2.03. The lowest BCUT2D eigenvalue weighted by molar-refractivity contribution is 1.05. The number of pyridine rings is 1. The summed E-state index contributed by atoms with van der Waals surface area (Å²) >= 11 is 0. The highest BCUT2D eigenvalue weighted by Gasteiger charge is 2.08. The maximum Gasteiger partial charge on any atom is 0.162 e. The molecule has 0 saturated carbocycles. The van der Waals surface area contributed by atoms with Crippen LogP contribution in [0, 0.1) is 6.92 Å². The van der Waals surface area contributed by atoms with Crippen LogP contribution in [0.15, 0.2) is 24.5 Å². The van der Waals surface area contributed by atoms with Crippen molar-refractivity contribution in [1.29, 1.82) is 0 Å². The standard InChI is InChI=1S/C14H18N4/c1-4-11-9-15-7-6-12(11)14-17-10(3)8-13(18-14)16-5-2/h6-9H,4-5H2,1-3H3,(H,16,17,18). The van der Waals surface area contributed by atoms with Gasteiger partial charge in [-0.2, -0.15) is 0 Å². The van der Waals surface area contributed by atoms with Gasteiger partial charge in [0.1, 0.15) is 5.82 Å². The minimum atomic E-state index is 0.769. The highest BCUT2D eigenvalue weighted by Crippen LogP contribution is 2.21. The molecule has 0 amide bonds. The van der Waals surface area contributed by atoms with Crippen molar-refractivity contribution in [3.63, 3.8) is 0 Å². The predicted octanol–water partition coefficient (Wildman–Crippen LogP) is 2.84. The molecule has 0 aliphatic rings. The van der Waals surface area contributed by atoms with Gasteiger partial charge in [0.25, 0.3) is 0 Å². The molecule has 4 heteroatoms. The van der Waals surface area contributed by atoms with Gasteiger partial charge in [-0.15, -0.1) is 0 Å². The van der Waals surface area contributed by atoms with Crippen molar-refractivity contribution < 1.29 is 0 Å². The summed E-state index contributed by atoms with van der Waals surface area (Å²) in [5.74, 6) is 1.64. The van der Waals surface area contributed by atoms with Crippen LogP contribution >= 0.6 is 0 Å². The van der Waals surface area contributed by atoms with Crippen LogP contribution in [-0.4, -0.2) is 21.5 Å². The summed E-state index contributed by atoms with van der Waals surface area (Å²) in [5, 5.41) is 3.23. The number of rotatable bonds is 4. The zero-order valence-electron chi connectivity index (χ0n) is 11.1. The summed E-state index contributed by atoms with van der Waals surface area (Å²) in [6.07, 6.45) is 4.60. The van der Waals surface area contributed by atoms with Gasteiger partial charge < -0.3 is 5.32 Å². The maximum atomic E-state index is 4.55. The average molecular weight is 242 g/mol. The minimum absolute atomic E-state index is 0.769. The Kier molecular flexibility index (Phi) is 3.87. The quantitative estimate of drug-likeness (QED) is 0.895. The van der Waals surface area contributed by atoms with E-state index in [1.54, 1.807) is 6.20 Å². The Morgan fingerprint density at radius 3 is 2.78 bits per heavy atom. The first-order chi connectivity index (χ1) is 8.74. The van der Waals surface area contributed by atoms with E-state index in [1.165, 1.54) is 5.56 Å². The summed E-state index contributed by atoms with van der Waals surface area (Å²) in [7, 11) is 0. The topological polar surface area (TPSA) is 50.7 Å². The first kappa shape index (κ1) is 12.5. The second-order valence-corrected chi connectivity index (χ2v) is 4.13. The molecule has 4 nitrogen and oxygen atoms in total. The molecule has 2 aromatic rings. The van der Waals surface area contributed by atoms with Gasteiger partial charge in [-0.1, -0.05) is 6.92 Å². The van der Waals surface area contributed by atoms with Gasteiger partial charge in [0, 0.05) is 36.3 Å². The Balaban J connectivity index is 2.49. The molecule has 2 heterocycles. The first-order valence-corrected chi connectivity index (χ1v) is 6.27.